The van der Waals surface area contributed by atoms with Crippen LogP contribution in [0, 0.1) is 11.8 Å². The van der Waals surface area contributed by atoms with Crippen LogP contribution in [0.15, 0.2) is 42.6 Å². The fourth-order valence-electron chi connectivity index (χ4n) is 5.48. The third kappa shape index (κ3) is 6.83. The minimum Gasteiger partial charge on any atom is -0.493 e. The van der Waals surface area contributed by atoms with Crippen molar-refractivity contribution in [3.8, 4) is 11.5 Å². The van der Waals surface area contributed by atoms with Gasteiger partial charge in [0.2, 0.25) is 0 Å². The van der Waals surface area contributed by atoms with Crippen molar-refractivity contribution in [1.82, 2.24) is 9.88 Å². The monoisotopic (exact) mass is 546 g/mol. The van der Waals surface area contributed by atoms with E-state index in [1.165, 1.54) is 0 Å². The van der Waals surface area contributed by atoms with Gasteiger partial charge in [-0.2, -0.15) is 0 Å². The normalized spacial score (nSPS) is 22.4. The van der Waals surface area contributed by atoms with Gasteiger partial charge in [0.05, 0.1) is 32.8 Å². The molecule has 1 saturated carbocycles. The van der Waals surface area contributed by atoms with Crippen LogP contribution >= 0.6 is 0 Å². The van der Waals surface area contributed by atoms with Crippen LogP contribution in [0.2, 0.25) is 0 Å². The Labute approximate surface area is 225 Å². The van der Waals surface area contributed by atoms with Gasteiger partial charge >= 0.3 is 17.9 Å². The van der Waals surface area contributed by atoms with Crippen LogP contribution in [0.1, 0.15) is 36.9 Å². The summed E-state index contributed by atoms with van der Waals surface area (Å²) in [6.45, 7) is 2.67. The Hall–Kier alpha value is -3.74. The van der Waals surface area contributed by atoms with Crippen LogP contribution in [0.4, 0.5) is 0 Å². The number of likely N-dealkylation sites (tertiary alicyclic amines) is 1. The number of carboxylic acid groups (broad SMARTS) is 3. The number of nitrogens with zero attached hydrogens (tertiary/aromatic N) is 2. The molecule has 1 saturated heterocycles. The minimum atomic E-state index is -2.74. The van der Waals surface area contributed by atoms with E-state index < -0.39 is 42.0 Å². The minimum absolute atomic E-state index is 0.231. The topological polar surface area (TPSA) is 187 Å². The molecule has 2 fully saturated rings. The van der Waals surface area contributed by atoms with Crippen LogP contribution in [-0.4, -0.2) is 86.2 Å². The van der Waals surface area contributed by atoms with Gasteiger partial charge in [-0.15, -0.1) is 0 Å². The first-order chi connectivity index (χ1) is 18.4. The molecule has 5 N–H and O–H groups in total. The zero-order valence-corrected chi connectivity index (χ0v) is 21.8. The zero-order chi connectivity index (χ0) is 28.8. The molecule has 0 radical (unpaired) electrons. The summed E-state index contributed by atoms with van der Waals surface area (Å²) in [4.78, 5) is 37.3. The number of carboxylic acids is 3. The molecule has 212 valence electrons. The lowest BCUT2D eigenvalue weighted by Crippen LogP contribution is -2.42. The predicted octanol–water partition coefficient (Wildman–Crippen LogP) is 1.58. The molecule has 1 aliphatic carbocycles. The highest BCUT2D eigenvalue weighted by Crippen LogP contribution is 2.50. The number of aliphatic carboxylic acids is 3. The number of methoxy groups -OCH3 is 2. The Morgan fingerprint density at radius 3 is 2.26 bits per heavy atom. The lowest BCUT2D eigenvalue weighted by atomic mass is 9.85. The maximum Gasteiger partial charge on any atom is 0.336 e. The van der Waals surface area contributed by atoms with Gasteiger partial charge in [-0.25, -0.2) is 4.79 Å². The average Bonchev–Trinajstić information content (AvgIpc) is 3.43. The second-order valence-corrected chi connectivity index (χ2v) is 9.87. The molecule has 0 spiro atoms. The van der Waals surface area contributed by atoms with Crippen molar-refractivity contribution in [1.29, 1.82) is 0 Å². The average molecular weight is 547 g/mol. The van der Waals surface area contributed by atoms with Crippen molar-refractivity contribution in [2.24, 2.45) is 11.8 Å². The molecule has 2 aromatic rings. The lowest BCUT2D eigenvalue weighted by molar-refractivity contribution is -0.170. The Kier molecular flexibility index (Phi) is 9.49. The smallest absolute Gasteiger partial charge is 0.336 e. The largest absolute Gasteiger partial charge is 0.493 e. The van der Waals surface area contributed by atoms with E-state index >= 15 is 0 Å². The third-order valence-electron chi connectivity index (χ3n) is 7.30. The number of fused-ring (bicyclic) bond motifs is 1. The molecule has 12 heteroatoms. The Morgan fingerprint density at radius 2 is 1.72 bits per heavy atom. The molecule has 0 amide bonds. The molecule has 3 atom stereocenters. The van der Waals surface area contributed by atoms with Gasteiger partial charge in [-0.3, -0.25) is 19.5 Å². The van der Waals surface area contributed by atoms with Gasteiger partial charge in [0, 0.05) is 37.3 Å². The maximum absolute atomic E-state index is 11.4. The summed E-state index contributed by atoms with van der Waals surface area (Å²) in [7, 11) is 3.34. The quantitative estimate of drug-likeness (QED) is 0.290. The first-order valence-corrected chi connectivity index (χ1v) is 12.4. The number of hydrogen-bond donors (Lipinski definition) is 5. The number of ether oxygens (including phenoxy) is 2. The van der Waals surface area contributed by atoms with Crippen LogP contribution in [0.5, 0.6) is 11.5 Å². The maximum atomic E-state index is 11.4. The highest BCUT2D eigenvalue weighted by molar-refractivity contribution is 5.88. The number of pyridine rings is 1. The number of hydrogen-bond acceptors (Lipinski definition) is 9. The highest BCUT2D eigenvalue weighted by atomic mass is 16.5. The number of para-hydroxylation sites is 1. The fourth-order valence-corrected chi connectivity index (χ4v) is 5.48. The number of aliphatic hydroxyl groups is 2. The molecule has 0 unspecified atom stereocenters. The van der Waals surface area contributed by atoms with E-state index in [2.05, 4.69) is 16.0 Å². The first-order valence-electron chi connectivity index (χ1n) is 12.4. The van der Waals surface area contributed by atoms with E-state index in [9.17, 15) is 19.5 Å². The van der Waals surface area contributed by atoms with Crippen LogP contribution in [0.3, 0.4) is 0 Å². The van der Waals surface area contributed by atoms with Crippen molar-refractivity contribution < 1.29 is 49.4 Å². The number of aromatic nitrogens is 1. The number of rotatable bonds is 10. The first kappa shape index (κ1) is 29.8. The predicted molar refractivity (Wildman–Crippen MR) is 136 cm³/mol. The fraction of sp³-hybridized carbons (Fsp3) is 0.481. The van der Waals surface area contributed by atoms with Crippen molar-refractivity contribution in [3.63, 3.8) is 0 Å². The van der Waals surface area contributed by atoms with Crippen molar-refractivity contribution >= 4 is 17.9 Å². The van der Waals surface area contributed by atoms with E-state index in [1.54, 1.807) is 20.4 Å². The molecule has 12 nitrogen and oxygen atoms in total. The number of carbonyl (C=O) groups is 3. The van der Waals surface area contributed by atoms with Crippen LogP contribution in [0.25, 0.3) is 0 Å². The molecule has 2 heterocycles. The highest BCUT2D eigenvalue weighted by Gasteiger charge is 2.53. The third-order valence-corrected chi connectivity index (χ3v) is 7.30. The lowest BCUT2D eigenvalue weighted by Gasteiger charge is -2.29. The molecule has 0 bridgehead atoms. The molecular formula is C27H34N2O10. The summed E-state index contributed by atoms with van der Waals surface area (Å²) in [5, 5.41) is 45.2. The molecule has 2 aliphatic rings. The second-order valence-electron chi connectivity index (χ2n) is 9.87. The Bertz CT molecular complexity index is 1160. The van der Waals surface area contributed by atoms with Crippen molar-refractivity contribution in [2.45, 2.75) is 43.4 Å². The van der Waals surface area contributed by atoms with Gasteiger partial charge < -0.3 is 35.0 Å². The van der Waals surface area contributed by atoms with E-state index in [1.807, 2.05) is 30.3 Å². The molecule has 4 rings (SSSR count). The van der Waals surface area contributed by atoms with Crippen molar-refractivity contribution in [2.75, 3.05) is 27.3 Å². The van der Waals surface area contributed by atoms with Gasteiger partial charge in [-0.1, -0.05) is 18.2 Å². The SMILES string of the molecule is COc1cccc(CN2C[C@@H]3CC[C@@](O)(c4ccccn4)[C@@H]3C2)c1OC.O=C(O)CC(O)(CC(=O)O)C(=O)O. The molecular weight excluding hydrogens is 512 g/mol. The second kappa shape index (κ2) is 12.4. The zero-order valence-electron chi connectivity index (χ0n) is 21.8. The Morgan fingerprint density at radius 1 is 1.03 bits per heavy atom. The standard InChI is InChI=1S/C21H26N2O3.C6H8O7/c1-25-18-7-5-6-16(20(18)26-2)13-23-12-15-9-10-21(24,17(15)14-23)19-8-3-4-11-22-19;7-3(8)1-6(13,5(11)12)2-4(9)10/h3-8,11,15,17,24H,9-10,12-14H2,1-2H3;13H,1-2H2,(H,7,8)(H,9,10)(H,11,12)/t15-,17+,21-;/m0./s1. The van der Waals surface area contributed by atoms with E-state index in [-0.39, 0.29) is 5.92 Å². The summed E-state index contributed by atoms with van der Waals surface area (Å²) in [5.41, 5.74) is -1.61. The molecule has 1 aromatic heterocycles. The molecule has 1 aromatic carbocycles. The van der Waals surface area contributed by atoms with Gasteiger partial charge in [0.1, 0.15) is 5.60 Å². The van der Waals surface area contributed by atoms with E-state index in [0.29, 0.717) is 5.92 Å². The summed E-state index contributed by atoms with van der Waals surface area (Å²) < 4.78 is 11.0. The Balaban J connectivity index is 0.000000276. The number of benzene rings is 1. The van der Waals surface area contributed by atoms with Crippen LogP contribution in [-0.2, 0) is 26.5 Å². The molecule has 39 heavy (non-hydrogen) atoms. The summed E-state index contributed by atoms with van der Waals surface area (Å²) in [6, 6.07) is 11.8. The summed E-state index contributed by atoms with van der Waals surface area (Å²) >= 11 is 0. The van der Waals surface area contributed by atoms with Gasteiger partial charge in [-0.05, 0) is 37.0 Å². The van der Waals surface area contributed by atoms with Crippen LogP contribution < -0.4 is 9.47 Å². The summed E-state index contributed by atoms with van der Waals surface area (Å²) in [6.07, 6.45) is 1.33. The van der Waals surface area contributed by atoms with Gasteiger partial charge in [0.25, 0.3) is 0 Å². The van der Waals surface area contributed by atoms with Crippen molar-refractivity contribution in [3.05, 3.63) is 53.9 Å². The van der Waals surface area contributed by atoms with Gasteiger partial charge in [0.15, 0.2) is 17.1 Å². The summed E-state index contributed by atoms with van der Waals surface area (Å²) in [5.74, 6) is -2.72. The van der Waals surface area contributed by atoms with E-state index in [4.69, 9.17) is 29.9 Å². The van der Waals surface area contributed by atoms with E-state index in [0.717, 1.165) is 55.2 Å². The molecule has 1 aliphatic heterocycles.